The molecule has 3 aromatic rings. The van der Waals surface area contributed by atoms with Crippen molar-refractivity contribution in [2.24, 2.45) is 4.99 Å². The van der Waals surface area contributed by atoms with Crippen LogP contribution in [-0.4, -0.2) is 34.2 Å². The molecule has 0 saturated heterocycles. The van der Waals surface area contributed by atoms with Gasteiger partial charge in [0.2, 0.25) is 5.82 Å². The Kier molecular flexibility index (Phi) is 4.34. The third kappa shape index (κ3) is 3.63. The van der Waals surface area contributed by atoms with Crippen molar-refractivity contribution in [1.82, 2.24) is 14.6 Å². The molecule has 0 amide bonds. The number of pyridine rings is 1. The van der Waals surface area contributed by atoms with Crippen LogP contribution in [0, 0.1) is 0 Å². The first kappa shape index (κ1) is 17.8. The number of benzene rings is 1. The molecule has 5 nitrogen and oxygen atoms in total. The Morgan fingerprint density at radius 2 is 1.62 bits per heavy atom. The normalized spacial score (nSPS) is 12.3. The van der Waals surface area contributed by atoms with Gasteiger partial charge in [0.1, 0.15) is 12.3 Å². The fourth-order valence-corrected chi connectivity index (χ4v) is 2.37. The van der Waals surface area contributed by atoms with Crippen molar-refractivity contribution in [3.63, 3.8) is 0 Å². The molecule has 0 saturated carbocycles. The molecular formula is C16H11F5N4O. The molecule has 0 spiro atoms. The fraction of sp³-hybridized carbons (Fsp3) is 0.188. The largest absolute Gasteiger partial charge is 0.573 e. The minimum atomic E-state index is -4.79. The zero-order chi connectivity index (χ0) is 18.9. The van der Waals surface area contributed by atoms with Crippen LogP contribution in [0.5, 0.6) is 5.75 Å². The number of fused-ring (bicyclic) bond motifs is 1. The Labute approximate surface area is 143 Å². The first-order chi connectivity index (χ1) is 12.2. The molecular weight excluding hydrogens is 359 g/mol. The van der Waals surface area contributed by atoms with Crippen LogP contribution in [0.4, 0.5) is 22.0 Å². The van der Waals surface area contributed by atoms with Crippen LogP contribution in [0.1, 0.15) is 5.82 Å². The van der Waals surface area contributed by atoms with E-state index in [0.717, 1.165) is 16.5 Å². The Morgan fingerprint density at radius 1 is 0.962 bits per heavy atom. The van der Waals surface area contributed by atoms with E-state index in [-0.39, 0.29) is 11.4 Å². The monoisotopic (exact) mass is 370 g/mol. The van der Waals surface area contributed by atoms with E-state index in [4.69, 9.17) is 0 Å². The third-order valence-corrected chi connectivity index (χ3v) is 3.46. The van der Waals surface area contributed by atoms with E-state index in [1.165, 1.54) is 24.4 Å². The van der Waals surface area contributed by atoms with Crippen molar-refractivity contribution in [2.45, 2.75) is 12.3 Å². The predicted molar refractivity (Wildman–Crippen MR) is 83.4 cm³/mol. The summed E-state index contributed by atoms with van der Waals surface area (Å²) in [7, 11) is 0. The molecule has 10 heteroatoms. The molecule has 0 aliphatic heterocycles. The zero-order valence-electron chi connectivity index (χ0n) is 13.0. The maximum absolute atomic E-state index is 14.1. The summed E-state index contributed by atoms with van der Waals surface area (Å²) in [5, 5.41) is 7.19. The molecule has 0 fully saturated rings. The summed E-state index contributed by atoms with van der Waals surface area (Å²) >= 11 is 0. The zero-order valence-corrected chi connectivity index (χ0v) is 13.0. The van der Waals surface area contributed by atoms with E-state index in [1.54, 1.807) is 6.07 Å². The van der Waals surface area contributed by atoms with Gasteiger partial charge in [-0.2, -0.15) is 8.78 Å². The lowest BCUT2D eigenvalue weighted by Gasteiger charge is -2.12. The summed E-state index contributed by atoms with van der Waals surface area (Å²) in [6.45, 7) is 2.21. The molecule has 0 radical (unpaired) electrons. The standard InChI is InChI=1S/C16H11F5N4O/c1-22-9-15(17,18)14-24-23-13-7-4-11(8-25(13)14)10-2-5-12(6-3-10)26-16(19,20)21/h2-8H,1,9H2. The lowest BCUT2D eigenvalue weighted by Crippen LogP contribution is -2.21. The Morgan fingerprint density at radius 3 is 2.23 bits per heavy atom. The van der Waals surface area contributed by atoms with Crippen LogP contribution >= 0.6 is 0 Å². The summed E-state index contributed by atoms with van der Waals surface area (Å²) < 4.78 is 69.7. The van der Waals surface area contributed by atoms with Crippen molar-refractivity contribution < 1.29 is 26.7 Å². The maximum Gasteiger partial charge on any atom is 0.573 e. The number of hydrogen-bond acceptors (Lipinski definition) is 4. The highest BCUT2D eigenvalue weighted by molar-refractivity contribution is 5.65. The molecule has 0 atom stereocenters. The minimum absolute atomic E-state index is 0.199. The number of alkyl halides is 5. The van der Waals surface area contributed by atoms with Gasteiger partial charge < -0.3 is 4.74 Å². The first-order valence-corrected chi connectivity index (χ1v) is 7.21. The van der Waals surface area contributed by atoms with Gasteiger partial charge in [0.05, 0.1) is 0 Å². The van der Waals surface area contributed by atoms with Crippen LogP contribution in [0.3, 0.4) is 0 Å². The summed E-state index contributed by atoms with van der Waals surface area (Å²) in [6, 6.07) is 8.11. The van der Waals surface area contributed by atoms with E-state index in [0.29, 0.717) is 11.1 Å². The SMILES string of the molecule is C=NCC(F)(F)c1nnc2ccc(-c3ccc(OC(F)(F)F)cc3)cn12. The van der Waals surface area contributed by atoms with E-state index in [1.807, 2.05) is 0 Å². The van der Waals surface area contributed by atoms with Gasteiger partial charge in [0, 0.05) is 6.20 Å². The maximum atomic E-state index is 14.1. The smallest absolute Gasteiger partial charge is 0.406 e. The molecule has 26 heavy (non-hydrogen) atoms. The lowest BCUT2D eigenvalue weighted by molar-refractivity contribution is -0.274. The van der Waals surface area contributed by atoms with Gasteiger partial charge in [0.25, 0.3) is 0 Å². The predicted octanol–water partition coefficient (Wildman–Crippen LogP) is 4.09. The Bertz CT molecular complexity index is 934. The highest BCUT2D eigenvalue weighted by atomic mass is 19.4. The van der Waals surface area contributed by atoms with Crippen LogP contribution < -0.4 is 4.74 Å². The van der Waals surface area contributed by atoms with Crippen molar-refractivity contribution in [2.75, 3.05) is 6.54 Å². The van der Waals surface area contributed by atoms with Gasteiger partial charge in [-0.25, -0.2) is 0 Å². The van der Waals surface area contributed by atoms with Gasteiger partial charge in [-0.1, -0.05) is 12.1 Å². The summed E-state index contributed by atoms with van der Waals surface area (Å²) in [4.78, 5) is 3.20. The van der Waals surface area contributed by atoms with E-state index in [2.05, 4.69) is 26.6 Å². The number of rotatable bonds is 5. The van der Waals surface area contributed by atoms with E-state index < -0.39 is 24.7 Å². The molecule has 0 aliphatic carbocycles. The molecule has 136 valence electrons. The number of nitrogens with zero attached hydrogens (tertiary/aromatic N) is 4. The number of hydrogen-bond donors (Lipinski definition) is 0. The highest BCUT2D eigenvalue weighted by Crippen LogP contribution is 2.30. The number of aromatic nitrogens is 3. The van der Waals surface area contributed by atoms with E-state index >= 15 is 0 Å². The van der Waals surface area contributed by atoms with Crippen molar-refractivity contribution in [3.05, 3.63) is 48.4 Å². The molecule has 0 bridgehead atoms. The van der Waals surface area contributed by atoms with Crippen molar-refractivity contribution >= 4 is 12.4 Å². The second kappa shape index (κ2) is 6.36. The van der Waals surface area contributed by atoms with E-state index in [9.17, 15) is 22.0 Å². The van der Waals surface area contributed by atoms with Gasteiger partial charge in [-0.3, -0.25) is 9.39 Å². The molecule has 2 heterocycles. The van der Waals surface area contributed by atoms with Gasteiger partial charge in [-0.05, 0) is 42.1 Å². The van der Waals surface area contributed by atoms with Gasteiger partial charge >= 0.3 is 12.3 Å². The van der Waals surface area contributed by atoms with Gasteiger partial charge in [-0.15, -0.1) is 23.4 Å². The molecule has 0 unspecified atom stereocenters. The number of aliphatic imine (C=N–C) groups is 1. The van der Waals surface area contributed by atoms with Gasteiger partial charge in [0.15, 0.2) is 5.65 Å². The van der Waals surface area contributed by atoms with Crippen LogP contribution in [0.15, 0.2) is 47.6 Å². The van der Waals surface area contributed by atoms with Crippen molar-refractivity contribution in [3.8, 4) is 16.9 Å². The summed E-state index contributed by atoms with van der Waals surface area (Å²) in [5.41, 5.74) is 1.19. The first-order valence-electron chi connectivity index (χ1n) is 7.21. The average Bonchev–Trinajstić information content (AvgIpc) is 2.98. The Balaban J connectivity index is 1.97. The average molecular weight is 370 g/mol. The molecule has 3 rings (SSSR count). The molecule has 1 aromatic carbocycles. The summed E-state index contributed by atoms with van der Waals surface area (Å²) in [5.74, 6) is -4.33. The number of halogens is 5. The summed E-state index contributed by atoms with van der Waals surface area (Å²) in [6.07, 6.45) is -3.41. The third-order valence-electron chi connectivity index (χ3n) is 3.46. The minimum Gasteiger partial charge on any atom is -0.406 e. The second-order valence-electron chi connectivity index (χ2n) is 5.33. The quantitative estimate of drug-likeness (QED) is 0.502. The lowest BCUT2D eigenvalue weighted by atomic mass is 10.1. The topological polar surface area (TPSA) is 51.8 Å². The molecule has 2 aromatic heterocycles. The highest BCUT2D eigenvalue weighted by Gasteiger charge is 2.36. The molecule has 0 N–H and O–H groups in total. The second-order valence-corrected chi connectivity index (χ2v) is 5.33. The fourth-order valence-electron chi connectivity index (χ4n) is 2.37. The van der Waals surface area contributed by atoms with Crippen molar-refractivity contribution in [1.29, 1.82) is 0 Å². The Hall–Kier alpha value is -3.04. The van der Waals surface area contributed by atoms with Crippen LogP contribution in [0.2, 0.25) is 0 Å². The van der Waals surface area contributed by atoms with Crippen LogP contribution in [-0.2, 0) is 5.92 Å². The van der Waals surface area contributed by atoms with Crippen LogP contribution in [0.25, 0.3) is 16.8 Å². The number of ether oxygens (including phenoxy) is 1. The molecule has 0 aliphatic rings.